The number of hydrogen-bond acceptors (Lipinski definition) is 7. The van der Waals surface area contributed by atoms with Crippen molar-refractivity contribution in [3.05, 3.63) is 47.1 Å². The number of rotatable bonds is 7. The predicted molar refractivity (Wildman–Crippen MR) is 174 cm³/mol. The van der Waals surface area contributed by atoms with Crippen LogP contribution in [0, 0.1) is 39.9 Å². The lowest BCUT2D eigenvalue weighted by molar-refractivity contribution is -0.234. The zero-order valence-corrected chi connectivity index (χ0v) is 28.5. The summed E-state index contributed by atoms with van der Waals surface area (Å²) >= 11 is 0. The second-order valence-corrected chi connectivity index (χ2v) is 15.4. The van der Waals surface area contributed by atoms with E-state index in [4.69, 9.17) is 14.2 Å². The lowest BCUT2D eigenvalue weighted by atomic mass is 9.36. The molecule has 0 heterocycles. The molecule has 1 aromatic rings. The Hall–Kier alpha value is -2.64. The lowest BCUT2D eigenvalue weighted by Gasteiger charge is -2.69. The summed E-state index contributed by atoms with van der Waals surface area (Å²) in [6.45, 7) is 14.7. The molecule has 0 aromatic heterocycles. The molecule has 7 heteroatoms. The van der Waals surface area contributed by atoms with Gasteiger partial charge in [0, 0.05) is 18.6 Å². The summed E-state index contributed by atoms with van der Waals surface area (Å²) in [5.74, 6) is 0.568. The molecule has 7 nitrogen and oxygen atoms in total. The van der Waals surface area contributed by atoms with E-state index in [-0.39, 0.29) is 46.1 Å². The van der Waals surface area contributed by atoms with Gasteiger partial charge < -0.3 is 24.4 Å². The van der Waals surface area contributed by atoms with Crippen molar-refractivity contribution in [1.29, 1.82) is 0 Å². The molecule has 0 spiro atoms. The summed E-state index contributed by atoms with van der Waals surface area (Å²) in [7, 11) is 1.57. The van der Waals surface area contributed by atoms with Crippen LogP contribution in [0.1, 0.15) is 99.8 Å². The first-order valence-electron chi connectivity index (χ1n) is 16.9. The van der Waals surface area contributed by atoms with E-state index < -0.39 is 18.2 Å². The molecule has 248 valence electrons. The summed E-state index contributed by atoms with van der Waals surface area (Å²) in [4.78, 5) is 26.8. The van der Waals surface area contributed by atoms with Crippen molar-refractivity contribution >= 4 is 11.9 Å². The number of aliphatic hydroxyl groups is 2. The first-order valence-corrected chi connectivity index (χ1v) is 16.9. The highest BCUT2D eigenvalue weighted by Gasteiger charge is 2.70. The van der Waals surface area contributed by atoms with Gasteiger partial charge in [-0.2, -0.15) is 0 Å². The van der Waals surface area contributed by atoms with E-state index in [1.807, 2.05) is 13.8 Å². The maximum absolute atomic E-state index is 14.2. The minimum Gasteiger partial charge on any atom is -0.497 e. The van der Waals surface area contributed by atoms with E-state index in [9.17, 15) is 19.8 Å². The zero-order valence-electron chi connectivity index (χ0n) is 28.5. The molecule has 45 heavy (non-hydrogen) atoms. The van der Waals surface area contributed by atoms with Gasteiger partial charge in [0.15, 0.2) is 0 Å². The Morgan fingerprint density at radius 1 is 1.00 bits per heavy atom. The molecule has 0 unspecified atom stereocenters. The van der Waals surface area contributed by atoms with Crippen LogP contribution in [0.2, 0.25) is 0 Å². The number of carbonyl (C=O) groups excluding carboxylic acids is 2. The normalized spacial score (nSPS) is 39.9. The maximum atomic E-state index is 14.2. The van der Waals surface area contributed by atoms with Crippen molar-refractivity contribution in [2.45, 2.75) is 118 Å². The molecular weight excluding hydrogens is 568 g/mol. The molecule has 4 saturated carbocycles. The van der Waals surface area contributed by atoms with Gasteiger partial charge in [-0.25, -0.2) is 4.79 Å². The number of methoxy groups -OCH3 is 1. The molecule has 0 bridgehead atoms. The Balaban J connectivity index is 1.61. The van der Waals surface area contributed by atoms with Gasteiger partial charge in [-0.15, -0.1) is 0 Å². The third-order valence-corrected chi connectivity index (χ3v) is 12.8. The van der Waals surface area contributed by atoms with Crippen molar-refractivity contribution < 1.29 is 34.0 Å². The second-order valence-electron chi connectivity index (χ2n) is 15.4. The van der Waals surface area contributed by atoms with Gasteiger partial charge in [0.1, 0.15) is 17.6 Å². The van der Waals surface area contributed by atoms with E-state index in [0.717, 1.165) is 36.8 Å². The molecule has 5 rings (SSSR count). The number of carbonyl (C=O) groups is 2. The molecule has 2 N–H and O–H groups in total. The fourth-order valence-electron chi connectivity index (χ4n) is 10.6. The summed E-state index contributed by atoms with van der Waals surface area (Å²) in [6.07, 6.45) is 6.39. The molecule has 1 aromatic carbocycles. The Bertz CT molecular complexity index is 1360. The standard InChI is InChI=1S/C38H54O7/c1-22(2)11-9-14-27(35(42)45-26-13-10-12-25(19-26)43-8)33-29-20-31(41)34-36(5)17-16-30(40)23(3)28(36)15-18-37(34,6)38(29,7)21-32(33)44-24(4)39/h10-13,19,23,28-32,34,40-41H,9,14-18,20-21H2,1-8H3/b33-27-/t23-,28-,29-,30+,31+,32-,34-,36-,37-,38-/m0/s1. The van der Waals surface area contributed by atoms with Crippen molar-refractivity contribution in [3.8, 4) is 11.5 Å². The van der Waals surface area contributed by atoms with E-state index in [0.29, 0.717) is 48.7 Å². The Morgan fingerprint density at radius 2 is 1.71 bits per heavy atom. The molecular formula is C38H54O7. The van der Waals surface area contributed by atoms with Crippen LogP contribution >= 0.6 is 0 Å². The van der Waals surface area contributed by atoms with E-state index in [1.165, 1.54) is 6.92 Å². The number of esters is 2. The Kier molecular flexibility index (Phi) is 9.38. The minimum absolute atomic E-state index is 0.0372. The van der Waals surface area contributed by atoms with Crippen molar-refractivity contribution in [3.63, 3.8) is 0 Å². The number of benzene rings is 1. The van der Waals surface area contributed by atoms with Crippen LogP contribution in [-0.4, -0.2) is 47.6 Å². The van der Waals surface area contributed by atoms with Crippen LogP contribution in [0.5, 0.6) is 11.5 Å². The van der Waals surface area contributed by atoms with Crippen LogP contribution in [0.25, 0.3) is 0 Å². The van der Waals surface area contributed by atoms with Gasteiger partial charge in [-0.05, 0) is 123 Å². The zero-order chi connectivity index (χ0) is 32.9. The quantitative estimate of drug-likeness (QED) is 0.144. The highest BCUT2D eigenvalue weighted by atomic mass is 16.5. The summed E-state index contributed by atoms with van der Waals surface area (Å²) in [6, 6.07) is 7.01. The highest BCUT2D eigenvalue weighted by Crippen LogP contribution is 2.74. The Labute approximate surface area is 269 Å². The first-order chi connectivity index (χ1) is 21.2. The second kappa shape index (κ2) is 12.5. The van der Waals surface area contributed by atoms with Gasteiger partial charge >= 0.3 is 11.9 Å². The highest BCUT2D eigenvalue weighted by molar-refractivity contribution is 5.91. The SMILES string of the molecule is COc1cccc(OC(=O)/C(CCC=C(C)C)=C2\[C@@H](OC(C)=O)C[C@@]3(C)[C@H]2C[C@@H](O)[C@H]2[C@@]4(C)CC[C@@H](O)[C@@H](C)[C@@H]4CC[C@@]23C)c1. The van der Waals surface area contributed by atoms with Crippen LogP contribution in [0.4, 0.5) is 0 Å². The number of fused-ring (bicyclic) bond motifs is 5. The number of aliphatic hydroxyl groups excluding tert-OH is 2. The van der Waals surface area contributed by atoms with Gasteiger partial charge in [0.2, 0.25) is 0 Å². The summed E-state index contributed by atoms with van der Waals surface area (Å²) in [5, 5.41) is 23.0. The van der Waals surface area contributed by atoms with E-state index in [2.05, 4.69) is 33.8 Å². The number of hydrogen-bond donors (Lipinski definition) is 2. The molecule has 0 amide bonds. The van der Waals surface area contributed by atoms with Gasteiger partial charge in [0.25, 0.3) is 0 Å². The topological polar surface area (TPSA) is 102 Å². The first kappa shape index (κ1) is 33.7. The largest absolute Gasteiger partial charge is 0.497 e. The smallest absolute Gasteiger partial charge is 0.339 e. The Morgan fingerprint density at radius 3 is 2.38 bits per heavy atom. The van der Waals surface area contributed by atoms with Crippen molar-refractivity contribution in [2.75, 3.05) is 7.11 Å². The molecule has 10 atom stereocenters. The van der Waals surface area contributed by atoms with Crippen LogP contribution in [-0.2, 0) is 14.3 Å². The summed E-state index contributed by atoms with van der Waals surface area (Å²) in [5.41, 5.74) is 1.83. The van der Waals surface area contributed by atoms with Crippen molar-refractivity contribution in [2.24, 2.45) is 39.9 Å². The maximum Gasteiger partial charge on any atom is 0.339 e. The minimum atomic E-state index is -0.581. The van der Waals surface area contributed by atoms with Crippen LogP contribution in [0.3, 0.4) is 0 Å². The molecule has 4 fully saturated rings. The van der Waals surface area contributed by atoms with Gasteiger partial charge in [-0.1, -0.05) is 45.4 Å². The van der Waals surface area contributed by atoms with Crippen LogP contribution in [0.15, 0.2) is 47.1 Å². The molecule has 4 aliphatic rings. The van der Waals surface area contributed by atoms with E-state index >= 15 is 0 Å². The summed E-state index contributed by atoms with van der Waals surface area (Å²) < 4.78 is 17.4. The van der Waals surface area contributed by atoms with E-state index in [1.54, 1.807) is 31.4 Å². The average Bonchev–Trinajstić information content (AvgIpc) is 3.24. The molecule has 0 aliphatic heterocycles. The fourth-order valence-corrected chi connectivity index (χ4v) is 10.6. The third-order valence-electron chi connectivity index (χ3n) is 12.8. The van der Waals surface area contributed by atoms with Gasteiger partial charge in [-0.3, -0.25) is 4.79 Å². The molecule has 0 saturated heterocycles. The monoisotopic (exact) mass is 622 g/mol. The van der Waals surface area contributed by atoms with Crippen molar-refractivity contribution in [1.82, 2.24) is 0 Å². The number of ether oxygens (including phenoxy) is 3. The molecule has 4 aliphatic carbocycles. The number of allylic oxidation sites excluding steroid dienone is 2. The van der Waals surface area contributed by atoms with Crippen LogP contribution < -0.4 is 9.47 Å². The average molecular weight is 623 g/mol. The lowest BCUT2D eigenvalue weighted by Crippen LogP contribution is -2.65. The molecule has 0 radical (unpaired) electrons. The third kappa shape index (κ3) is 5.77. The van der Waals surface area contributed by atoms with Gasteiger partial charge in [0.05, 0.1) is 19.3 Å². The fraction of sp³-hybridized carbons (Fsp3) is 0.684. The predicted octanol–water partition coefficient (Wildman–Crippen LogP) is 7.20.